The Kier molecular flexibility index (Phi) is 5.96. The van der Waals surface area contributed by atoms with E-state index in [2.05, 4.69) is 68.2 Å². The van der Waals surface area contributed by atoms with Crippen molar-refractivity contribution in [2.45, 2.75) is 58.5 Å². The Morgan fingerprint density at radius 3 is 2.69 bits per heavy atom. The predicted octanol–water partition coefficient (Wildman–Crippen LogP) is 4.96. The summed E-state index contributed by atoms with van der Waals surface area (Å²) in [6.45, 7) is 11.4. The molecule has 0 saturated heterocycles. The number of rotatable bonds is 5. The van der Waals surface area contributed by atoms with Gasteiger partial charge in [-0.2, -0.15) is 5.10 Å². The first-order valence-corrected chi connectivity index (χ1v) is 10.1. The topological polar surface area (TPSA) is 53.9 Å². The van der Waals surface area contributed by atoms with E-state index in [0.29, 0.717) is 23.3 Å². The van der Waals surface area contributed by atoms with Gasteiger partial charge in [-0.3, -0.25) is 4.79 Å². The number of benzene rings is 2. The van der Waals surface area contributed by atoms with E-state index in [4.69, 9.17) is 4.74 Å². The zero-order chi connectivity index (χ0) is 21.2. The molecular formula is C24H31N3O2. The number of hydrogen-bond acceptors (Lipinski definition) is 4. The van der Waals surface area contributed by atoms with Gasteiger partial charge in [0.15, 0.2) is 0 Å². The molecule has 0 saturated carbocycles. The molecule has 0 aromatic heterocycles. The molecule has 1 N–H and O–H groups in total. The highest BCUT2D eigenvalue weighted by atomic mass is 16.5. The number of amides is 1. The fourth-order valence-corrected chi connectivity index (χ4v) is 4.59. The molecule has 1 aliphatic heterocycles. The molecule has 0 aliphatic carbocycles. The SMILES string of the molecule is COc1ccccc1C(=O)N/N=C\c1ccc2c(c1)[C@@H](C)CC(C)(C)N2C(C)C. The number of nitrogens with zero attached hydrogens (tertiary/aromatic N) is 2. The van der Waals surface area contributed by atoms with Gasteiger partial charge in [-0.1, -0.05) is 25.1 Å². The number of fused-ring (bicyclic) bond motifs is 1. The lowest BCUT2D eigenvalue weighted by Crippen LogP contribution is -2.51. The van der Waals surface area contributed by atoms with Crippen LogP contribution in [0.5, 0.6) is 5.75 Å². The highest BCUT2D eigenvalue weighted by molar-refractivity contribution is 5.97. The van der Waals surface area contributed by atoms with Crippen molar-refractivity contribution in [3.05, 3.63) is 59.2 Å². The maximum Gasteiger partial charge on any atom is 0.275 e. The molecule has 5 nitrogen and oxygen atoms in total. The van der Waals surface area contributed by atoms with Gasteiger partial charge >= 0.3 is 0 Å². The lowest BCUT2D eigenvalue weighted by Gasteiger charge is -2.50. The van der Waals surface area contributed by atoms with Crippen LogP contribution in [-0.4, -0.2) is 30.8 Å². The van der Waals surface area contributed by atoms with Crippen LogP contribution in [0.15, 0.2) is 47.6 Å². The summed E-state index contributed by atoms with van der Waals surface area (Å²) < 4.78 is 5.23. The van der Waals surface area contributed by atoms with Crippen molar-refractivity contribution >= 4 is 17.8 Å². The van der Waals surface area contributed by atoms with Crippen molar-refractivity contribution in [1.29, 1.82) is 0 Å². The van der Waals surface area contributed by atoms with Crippen LogP contribution < -0.4 is 15.1 Å². The van der Waals surface area contributed by atoms with Crippen LogP contribution in [0.3, 0.4) is 0 Å². The van der Waals surface area contributed by atoms with E-state index in [1.54, 1.807) is 31.5 Å². The van der Waals surface area contributed by atoms with Gasteiger partial charge in [-0.25, -0.2) is 5.43 Å². The van der Waals surface area contributed by atoms with E-state index in [1.807, 2.05) is 6.07 Å². The maximum absolute atomic E-state index is 12.4. The molecule has 29 heavy (non-hydrogen) atoms. The maximum atomic E-state index is 12.4. The molecule has 154 valence electrons. The number of carbonyl (C=O) groups is 1. The van der Waals surface area contributed by atoms with Gasteiger partial charge in [0, 0.05) is 17.3 Å². The number of hydrogen-bond donors (Lipinski definition) is 1. The molecule has 0 radical (unpaired) electrons. The average Bonchev–Trinajstić information content (AvgIpc) is 2.67. The molecule has 1 aliphatic rings. The molecule has 2 aromatic carbocycles. The molecule has 3 rings (SSSR count). The summed E-state index contributed by atoms with van der Waals surface area (Å²) in [4.78, 5) is 14.9. The Labute approximate surface area is 173 Å². The standard InChI is InChI=1S/C24H31N3O2/c1-16(2)27-21-12-11-18(13-20(21)17(3)14-24(27,4)5)15-25-26-23(28)19-9-7-8-10-22(19)29-6/h7-13,15-17H,14H2,1-6H3,(H,26,28)/b25-15-/t17-/m0/s1. The molecule has 1 amide bonds. The van der Waals surface area contributed by atoms with Crippen LogP contribution in [0.1, 0.15) is 68.4 Å². The Morgan fingerprint density at radius 1 is 1.28 bits per heavy atom. The largest absolute Gasteiger partial charge is 0.496 e. The van der Waals surface area contributed by atoms with Crippen molar-refractivity contribution in [3.63, 3.8) is 0 Å². The van der Waals surface area contributed by atoms with E-state index < -0.39 is 0 Å². The highest BCUT2D eigenvalue weighted by Crippen LogP contribution is 2.44. The third-order valence-corrected chi connectivity index (χ3v) is 5.55. The van der Waals surface area contributed by atoms with Crippen LogP contribution in [0, 0.1) is 0 Å². The van der Waals surface area contributed by atoms with Crippen LogP contribution in [-0.2, 0) is 0 Å². The number of carbonyl (C=O) groups excluding carboxylic acids is 1. The lowest BCUT2D eigenvalue weighted by molar-refractivity contribution is 0.0952. The minimum atomic E-state index is -0.294. The first-order valence-electron chi connectivity index (χ1n) is 10.1. The molecular weight excluding hydrogens is 362 g/mol. The molecule has 0 unspecified atom stereocenters. The third-order valence-electron chi connectivity index (χ3n) is 5.55. The Hall–Kier alpha value is -2.82. The van der Waals surface area contributed by atoms with Crippen LogP contribution in [0.2, 0.25) is 0 Å². The van der Waals surface area contributed by atoms with E-state index in [9.17, 15) is 4.79 Å². The van der Waals surface area contributed by atoms with E-state index in [0.717, 1.165) is 12.0 Å². The second-order valence-electron chi connectivity index (χ2n) is 8.60. The number of methoxy groups -OCH3 is 1. The van der Waals surface area contributed by atoms with Gasteiger partial charge in [-0.15, -0.1) is 0 Å². The molecule has 5 heteroatoms. The molecule has 0 fully saturated rings. The fraction of sp³-hybridized carbons (Fsp3) is 0.417. The molecule has 2 aromatic rings. The second kappa shape index (κ2) is 8.27. The quantitative estimate of drug-likeness (QED) is 0.577. The smallest absolute Gasteiger partial charge is 0.275 e. The lowest BCUT2D eigenvalue weighted by atomic mass is 9.79. The number of hydrazone groups is 1. The molecule has 1 heterocycles. The summed E-state index contributed by atoms with van der Waals surface area (Å²) in [6, 6.07) is 13.9. The highest BCUT2D eigenvalue weighted by Gasteiger charge is 2.37. The Morgan fingerprint density at radius 2 is 2.00 bits per heavy atom. The van der Waals surface area contributed by atoms with Crippen molar-refractivity contribution < 1.29 is 9.53 Å². The van der Waals surface area contributed by atoms with E-state index in [1.165, 1.54) is 11.3 Å². The van der Waals surface area contributed by atoms with Gasteiger partial charge in [-0.05, 0) is 75.4 Å². The van der Waals surface area contributed by atoms with E-state index >= 15 is 0 Å². The van der Waals surface area contributed by atoms with Crippen LogP contribution in [0.25, 0.3) is 0 Å². The number of nitrogens with one attached hydrogen (secondary N) is 1. The van der Waals surface area contributed by atoms with Crippen LogP contribution >= 0.6 is 0 Å². The second-order valence-corrected chi connectivity index (χ2v) is 8.60. The third kappa shape index (κ3) is 4.29. The minimum absolute atomic E-state index is 0.124. The van der Waals surface area contributed by atoms with Crippen LogP contribution in [0.4, 0.5) is 5.69 Å². The molecule has 0 bridgehead atoms. The van der Waals surface area contributed by atoms with E-state index in [-0.39, 0.29) is 11.4 Å². The predicted molar refractivity (Wildman–Crippen MR) is 119 cm³/mol. The Balaban J connectivity index is 1.80. The summed E-state index contributed by atoms with van der Waals surface area (Å²) in [6.07, 6.45) is 2.79. The zero-order valence-corrected chi connectivity index (χ0v) is 18.2. The molecule has 1 atom stereocenters. The van der Waals surface area contributed by atoms with Crippen molar-refractivity contribution in [2.75, 3.05) is 12.0 Å². The fourth-order valence-electron chi connectivity index (χ4n) is 4.59. The summed E-state index contributed by atoms with van der Waals surface area (Å²) in [5, 5.41) is 4.16. The van der Waals surface area contributed by atoms with Gasteiger partial charge in [0.2, 0.25) is 0 Å². The first kappa shape index (κ1) is 20.9. The van der Waals surface area contributed by atoms with Gasteiger partial charge in [0.05, 0.1) is 18.9 Å². The van der Waals surface area contributed by atoms with Crippen molar-refractivity contribution in [3.8, 4) is 5.75 Å². The summed E-state index contributed by atoms with van der Waals surface area (Å²) >= 11 is 0. The first-order chi connectivity index (χ1) is 13.7. The van der Waals surface area contributed by atoms with Gasteiger partial charge < -0.3 is 9.64 Å². The number of para-hydroxylation sites is 1. The number of ether oxygens (including phenoxy) is 1. The summed E-state index contributed by atoms with van der Waals surface area (Å²) in [7, 11) is 1.55. The van der Waals surface area contributed by atoms with Gasteiger partial charge in [0.1, 0.15) is 5.75 Å². The monoisotopic (exact) mass is 393 g/mol. The summed E-state index contributed by atoms with van der Waals surface area (Å²) in [5.74, 6) is 0.698. The van der Waals surface area contributed by atoms with Gasteiger partial charge in [0.25, 0.3) is 5.91 Å². The Bertz CT molecular complexity index is 918. The van der Waals surface area contributed by atoms with Crippen molar-refractivity contribution in [1.82, 2.24) is 5.43 Å². The average molecular weight is 394 g/mol. The normalized spacial score (nSPS) is 18.0. The zero-order valence-electron chi connectivity index (χ0n) is 18.2. The molecule has 0 spiro atoms. The number of anilines is 1. The van der Waals surface area contributed by atoms with Crippen molar-refractivity contribution in [2.24, 2.45) is 5.10 Å². The summed E-state index contributed by atoms with van der Waals surface area (Å²) in [5.41, 5.74) is 6.77. The minimum Gasteiger partial charge on any atom is -0.496 e.